The smallest absolute Gasteiger partial charge is 0.256 e. The van der Waals surface area contributed by atoms with E-state index in [1.165, 1.54) is 29.2 Å². The van der Waals surface area contributed by atoms with Crippen molar-refractivity contribution in [3.8, 4) is 0 Å². The Kier molecular flexibility index (Phi) is 9.85. The van der Waals surface area contributed by atoms with Crippen LogP contribution in [0.25, 0.3) is 0 Å². The molecular formula is C30H29Cl3FN5O2S. The second kappa shape index (κ2) is 13.6. The third-order valence-electron chi connectivity index (χ3n) is 7.41. The summed E-state index contributed by atoms with van der Waals surface area (Å²) in [6.07, 6.45) is 0.627. The Balaban J connectivity index is 1.24. The molecule has 12 heteroatoms. The second-order valence-electron chi connectivity index (χ2n) is 10.2. The summed E-state index contributed by atoms with van der Waals surface area (Å²) in [5.74, 6) is -1.10. The number of benzene rings is 3. The van der Waals surface area contributed by atoms with Gasteiger partial charge in [0.2, 0.25) is 5.91 Å². The monoisotopic (exact) mass is 647 g/mol. The number of rotatable bonds is 9. The third-order valence-corrected chi connectivity index (χ3v) is 8.80. The van der Waals surface area contributed by atoms with Gasteiger partial charge in [-0.1, -0.05) is 40.9 Å². The van der Waals surface area contributed by atoms with Gasteiger partial charge in [-0.25, -0.2) is 4.39 Å². The van der Waals surface area contributed by atoms with Crippen LogP contribution in [0.2, 0.25) is 15.1 Å². The molecule has 1 N–H and O–H groups in total. The topological polar surface area (TPSA) is 59.1 Å². The minimum Gasteiger partial charge on any atom is -0.369 e. The highest BCUT2D eigenvalue weighted by Crippen LogP contribution is 2.32. The van der Waals surface area contributed by atoms with Gasteiger partial charge in [-0.2, -0.15) is 0 Å². The molecule has 3 aromatic rings. The lowest BCUT2D eigenvalue weighted by Crippen LogP contribution is -2.47. The quantitative estimate of drug-likeness (QED) is 0.274. The van der Waals surface area contributed by atoms with E-state index in [1.807, 2.05) is 23.1 Å². The van der Waals surface area contributed by atoms with Gasteiger partial charge in [0.15, 0.2) is 5.11 Å². The second-order valence-corrected chi connectivity index (χ2v) is 11.8. The SMILES string of the molecule is O=C(C[C@H]1C(=O)N(c2ccc(Cl)c(Cl)c2)C(=S)N1CCCN1CCN(c2cccc(Cl)c2)CC1)Nc1ccc(F)cc1. The Morgan fingerprint density at radius 3 is 2.33 bits per heavy atom. The fourth-order valence-corrected chi connectivity index (χ4v) is 6.13. The van der Waals surface area contributed by atoms with Crippen molar-refractivity contribution >= 4 is 81.0 Å². The van der Waals surface area contributed by atoms with Crippen molar-refractivity contribution in [1.82, 2.24) is 9.80 Å². The number of hydrogen-bond donors (Lipinski definition) is 1. The minimum absolute atomic E-state index is 0.119. The fourth-order valence-electron chi connectivity index (χ4n) is 5.24. The molecule has 2 amide bonds. The van der Waals surface area contributed by atoms with E-state index in [9.17, 15) is 14.0 Å². The van der Waals surface area contributed by atoms with Gasteiger partial charge in [0, 0.05) is 49.1 Å². The molecule has 2 saturated heterocycles. The Bertz CT molecular complexity index is 1470. The summed E-state index contributed by atoms with van der Waals surface area (Å²) in [6.45, 7) is 4.88. The molecule has 220 valence electrons. The van der Waals surface area contributed by atoms with Crippen molar-refractivity contribution in [3.63, 3.8) is 0 Å². The number of amides is 2. The molecule has 3 aromatic carbocycles. The first-order chi connectivity index (χ1) is 20.2. The number of halogens is 4. The summed E-state index contributed by atoms with van der Waals surface area (Å²) in [6, 6.07) is 17.4. The highest BCUT2D eigenvalue weighted by atomic mass is 35.5. The standard InChI is InChI=1S/C30H29Cl3FN5O2S/c31-20-3-1-4-23(17-20)37-15-13-36(14-16-37)11-2-12-38-27(19-28(40)35-22-7-5-21(34)6-8-22)29(41)39(30(38)42)24-9-10-25(32)26(33)18-24/h1,3-10,17-18,27H,2,11-16,19H2,(H,35,40)/t27-/m0/s1. The first-order valence-corrected chi connectivity index (χ1v) is 15.1. The molecule has 0 aromatic heterocycles. The Morgan fingerprint density at radius 2 is 1.64 bits per heavy atom. The van der Waals surface area contributed by atoms with Crippen molar-refractivity contribution in [2.45, 2.75) is 18.9 Å². The molecule has 2 fully saturated rings. The number of carbonyl (C=O) groups is 2. The highest BCUT2D eigenvalue weighted by molar-refractivity contribution is 7.80. The fraction of sp³-hybridized carbons (Fsp3) is 0.300. The normalized spacial score (nSPS) is 17.7. The van der Waals surface area contributed by atoms with E-state index in [0.29, 0.717) is 33.1 Å². The average Bonchev–Trinajstić information content (AvgIpc) is 3.20. The molecule has 0 spiro atoms. The predicted octanol–water partition coefficient (Wildman–Crippen LogP) is 6.33. The van der Waals surface area contributed by atoms with Gasteiger partial charge in [0.25, 0.3) is 5.91 Å². The van der Waals surface area contributed by atoms with Crippen molar-refractivity contribution in [2.24, 2.45) is 0 Å². The summed E-state index contributed by atoms with van der Waals surface area (Å²) in [5, 5.41) is 4.44. The van der Waals surface area contributed by atoms with Crippen LogP contribution in [-0.2, 0) is 9.59 Å². The molecule has 0 aliphatic carbocycles. The lowest BCUT2D eigenvalue weighted by Gasteiger charge is -2.36. The summed E-state index contributed by atoms with van der Waals surface area (Å²) >= 11 is 24.3. The van der Waals surface area contributed by atoms with Gasteiger partial charge in [-0.15, -0.1) is 0 Å². The minimum atomic E-state index is -0.799. The van der Waals surface area contributed by atoms with Crippen LogP contribution in [-0.4, -0.2) is 72.0 Å². The van der Waals surface area contributed by atoms with Crippen molar-refractivity contribution < 1.29 is 14.0 Å². The third kappa shape index (κ3) is 7.15. The Morgan fingerprint density at radius 1 is 0.905 bits per heavy atom. The van der Waals surface area contributed by atoms with Crippen molar-refractivity contribution in [1.29, 1.82) is 0 Å². The van der Waals surface area contributed by atoms with Gasteiger partial charge in [0.05, 0.1) is 22.2 Å². The van der Waals surface area contributed by atoms with E-state index >= 15 is 0 Å². The van der Waals surface area contributed by atoms with E-state index in [0.717, 1.165) is 49.9 Å². The van der Waals surface area contributed by atoms with Crippen LogP contribution in [0.15, 0.2) is 66.7 Å². The van der Waals surface area contributed by atoms with E-state index < -0.39 is 11.9 Å². The van der Waals surface area contributed by atoms with E-state index in [2.05, 4.69) is 21.2 Å². The van der Waals surface area contributed by atoms with Gasteiger partial charge in [-0.05, 0) is 85.8 Å². The summed E-state index contributed by atoms with van der Waals surface area (Å²) in [7, 11) is 0. The largest absolute Gasteiger partial charge is 0.369 e. The number of nitrogens with one attached hydrogen (secondary N) is 1. The lowest BCUT2D eigenvalue weighted by molar-refractivity contribution is -0.124. The molecule has 0 unspecified atom stereocenters. The highest BCUT2D eigenvalue weighted by Gasteiger charge is 2.44. The number of carbonyl (C=O) groups excluding carboxylic acids is 2. The van der Waals surface area contributed by atoms with Gasteiger partial charge in [0.1, 0.15) is 11.9 Å². The Hall–Kier alpha value is -2.95. The molecule has 42 heavy (non-hydrogen) atoms. The van der Waals surface area contributed by atoms with Crippen LogP contribution in [0.4, 0.5) is 21.5 Å². The Labute approximate surface area is 264 Å². The van der Waals surface area contributed by atoms with E-state index in [4.69, 9.17) is 47.0 Å². The van der Waals surface area contributed by atoms with Gasteiger partial charge in [-0.3, -0.25) is 19.4 Å². The number of hydrogen-bond acceptors (Lipinski definition) is 5. The van der Waals surface area contributed by atoms with Crippen LogP contribution in [0.3, 0.4) is 0 Å². The zero-order valence-corrected chi connectivity index (χ0v) is 25.7. The van der Waals surface area contributed by atoms with Crippen LogP contribution < -0.4 is 15.1 Å². The molecule has 1 atom stereocenters. The number of nitrogens with zero attached hydrogens (tertiary/aromatic N) is 4. The van der Waals surface area contributed by atoms with Crippen LogP contribution >= 0.6 is 47.0 Å². The van der Waals surface area contributed by atoms with Gasteiger partial charge >= 0.3 is 0 Å². The molecule has 0 bridgehead atoms. The number of thiocarbonyl (C=S) groups is 1. The maximum atomic E-state index is 13.7. The molecule has 2 aliphatic heterocycles. The van der Waals surface area contributed by atoms with Crippen molar-refractivity contribution in [3.05, 3.63) is 87.6 Å². The molecule has 2 heterocycles. The van der Waals surface area contributed by atoms with Crippen molar-refractivity contribution in [2.75, 3.05) is 54.4 Å². The molecule has 2 aliphatic rings. The van der Waals surface area contributed by atoms with E-state index in [-0.39, 0.29) is 18.2 Å². The van der Waals surface area contributed by atoms with Crippen LogP contribution in [0.5, 0.6) is 0 Å². The molecular weight excluding hydrogens is 620 g/mol. The van der Waals surface area contributed by atoms with Gasteiger partial charge < -0.3 is 15.1 Å². The summed E-state index contributed by atoms with van der Waals surface area (Å²) < 4.78 is 13.3. The molecule has 5 rings (SSSR count). The lowest BCUT2D eigenvalue weighted by atomic mass is 10.1. The summed E-state index contributed by atoms with van der Waals surface area (Å²) in [5.41, 5.74) is 2.05. The molecule has 0 saturated carbocycles. The molecule has 0 radical (unpaired) electrons. The average molecular weight is 649 g/mol. The molecule has 7 nitrogen and oxygen atoms in total. The summed E-state index contributed by atoms with van der Waals surface area (Å²) in [4.78, 5) is 34.6. The predicted molar refractivity (Wildman–Crippen MR) is 171 cm³/mol. The van der Waals surface area contributed by atoms with E-state index in [1.54, 1.807) is 18.2 Å². The number of piperazine rings is 1. The number of anilines is 3. The van der Waals surface area contributed by atoms with Crippen LogP contribution in [0, 0.1) is 5.82 Å². The zero-order valence-electron chi connectivity index (χ0n) is 22.6. The first-order valence-electron chi connectivity index (χ1n) is 13.6. The maximum absolute atomic E-state index is 13.7. The maximum Gasteiger partial charge on any atom is 0.256 e. The van der Waals surface area contributed by atoms with Crippen LogP contribution in [0.1, 0.15) is 12.8 Å². The first kappa shape index (κ1) is 30.5. The zero-order chi connectivity index (χ0) is 29.8.